The number of hydrogen-bond donors (Lipinski definition) is 2. The van der Waals surface area contributed by atoms with Crippen LogP contribution in [-0.4, -0.2) is 119 Å². The van der Waals surface area contributed by atoms with E-state index >= 15 is 0 Å². The third kappa shape index (κ3) is 9.86. The molecule has 380 valence electrons. The van der Waals surface area contributed by atoms with Gasteiger partial charge in [0.25, 0.3) is 11.8 Å². The second-order valence-electron chi connectivity index (χ2n) is 20.5. The van der Waals surface area contributed by atoms with E-state index in [1.165, 1.54) is 36.2 Å². The van der Waals surface area contributed by atoms with Crippen molar-refractivity contribution in [3.63, 3.8) is 0 Å². The summed E-state index contributed by atoms with van der Waals surface area (Å²) < 4.78 is 42.7. The smallest absolute Gasteiger partial charge is 0.416 e. The fourth-order valence-corrected chi connectivity index (χ4v) is 10.9. The second-order valence-corrected chi connectivity index (χ2v) is 25.3. The average molecular weight is 994 g/mol. The first-order valence-corrected chi connectivity index (χ1v) is 27.1. The third-order valence-electron chi connectivity index (χ3n) is 14.7. The fraction of sp³-hybridized carbons (Fsp3) is 0.472. The van der Waals surface area contributed by atoms with Crippen LogP contribution in [0.25, 0.3) is 5.57 Å². The summed E-state index contributed by atoms with van der Waals surface area (Å²) in [6.07, 6.45) is 5.98. The molecule has 0 aromatic heterocycles. The predicted octanol–water partition coefficient (Wildman–Crippen LogP) is 8.60. The molecular weight excluding hydrogens is 927 g/mol. The third-order valence-corrected chi connectivity index (χ3v) is 19.2. The van der Waals surface area contributed by atoms with Gasteiger partial charge >= 0.3 is 12.2 Å². The van der Waals surface area contributed by atoms with Crippen molar-refractivity contribution in [2.24, 2.45) is 11.1 Å². The van der Waals surface area contributed by atoms with Crippen molar-refractivity contribution >= 4 is 49.3 Å². The first kappa shape index (κ1) is 51.0. The molecular formula is C53H67N5O12Si. The van der Waals surface area contributed by atoms with Crippen LogP contribution in [0.15, 0.2) is 80.0 Å². The van der Waals surface area contributed by atoms with Gasteiger partial charge in [0.15, 0.2) is 37.5 Å². The quantitative estimate of drug-likeness (QED) is 0.0789. The molecule has 1 spiro atoms. The van der Waals surface area contributed by atoms with Gasteiger partial charge in [0.2, 0.25) is 0 Å². The molecule has 4 aliphatic heterocycles. The summed E-state index contributed by atoms with van der Waals surface area (Å²) in [4.78, 5) is 63.6. The first-order valence-electron chi connectivity index (χ1n) is 24.2. The lowest BCUT2D eigenvalue weighted by atomic mass is 9.97. The summed E-state index contributed by atoms with van der Waals surface area (Å²) in [5.41, 5.74) is 9.52. The summed E-state index contributed by atoms with van der Waals surface area (Å²) >= 11 is 0. The van der Waals surface area contributed by atoms with Crippen molar-refractivity contribution < 1.29 is 57.1 Å². The Balaban J connectivity index is 1.06. The van der Waals surface area contributed by atoms with Gasteiger partial charge in [-0.15, -0.1) is 0 Å². The van der Waals surface area contributed by atoms with Crippen molar-refractivity contribution in [3.8, 4) is 23.0 Å². The number of rotatable bonds is 16. The van der Waals surface area contributed by atoms with Gasteiger partial charge in [0.05, 0.1) is 56.5 Å². The molecule has 4 heterocycles. The first-order chi connectivity index (χ1) is 33.8. The Bertz CT molecular complexity index is 2610. The summed E-state index contributed by atoms with van der Waals surface area (Å²) in [5.74, 6) is 0.413. The highest BCUT2D eigenvalue weighted by Gasteiger charge is 2.66. The molecule has 3 aromatic carbocycles. The van der Waals surface area contributed by atoms with Crippen LogP contribution in [0, 0.1) is 5.41 Å². The van der Waals surface area contributed by atoms with Gasteiger partial charge in [-0.2, -0.15) is 0 Å². The number of methoxy groups -OCH3 is 2. The van der Waals surface area contributed by atoms with Crippen LogP contribution >= 0.6 is 0 Å². The maximum Gasteiger partial charge on any atom is 0.416 e. The number of nitrogens with two attached hydrogens (primary N) is 1. The maximum atomic E-state index is 14.8. The Morgan fingerprint density at radius 1 is 0.859 bits per heavy atom. The molecule has 1 unspecified atom stereocenters. The predicted molar refractivity (Wildman–Crippen MR) is 270 cm³/mol. The van der Waals surface area contributed by atoms with E-state index in [4.69, 9.17) is 38.6 Å². The Morgan fingerprint density at radius 2 is 1.45 bits per heavy atom. The zero-order chi connectivity index (χ0) is 51.0. The van der Waals surface area contributed by atoms with Crippen LogP contribution < -0.4 is 34.5 Å². The molecule has 18 heteroatoms. The van der Waals surface area contributed by atoms with Gasteiger partial charge in [-0.25, -0.2) is 14.5 Å². The van der Waals surface area contributed by atoms with Crippen molar-refractivity contribution in [1.82, 2.24) is 9.80 Å². The van der Waals surface area contributed by atoms with Crippen LogP contribution in [0.2, 0.25) is 18.1 Å². The van der Waals surface area contributed by atoms with E-state index in [-0.39, 0.29) is 108 Å². The number of fused-ring (bicyclic) bond motifs is 4. The van der Waals surface area contributed by atoms with E-state index < -0.39 is 32.4 Å². The van der Waals surface area contributed by atoms with Crippen molar-refractivity contribution in [2.45, 2.75) is 102 Å². The molecule has 4 amide bonds. The maximum absolute atomic E-state index is 14.8. The van der Waals surface area contributed by atoms with Gasteiger partial charge < -0.3 is 53.5 Å². The number of benzene rings is 3. The van der Waals surface area contributed by atoms with Crippen LogP contribution in [-0.2, 0) is 20.5 Å². The Hall–Kier alpha value is -6.34. The minimum absolute atomic E-state index is 0.0237. The SMILES string of the molecule is C=CCOC(=O)N1CC[C@@H]2CC(c3ccc(CO)cc3)=CN2C(=O)c2cc(OC)c(OCCCOc3cc4c(cc3OC)C(=O)N3CC5(CC5)C[C@@]3(N)C(O[Si](C)(C)C(C)(C)C)N4C(=O)OCC=C)cc21. The Kier molecular flexibility index (Phi) is 14.4. The number of aliphatic hydroxyl groups excluding tert-OH is 1. The molecule has 3 aromatic rings. The summed E-state index contributed by atoms with van der Waals surface area (Å²) in [6, 6.07) is 13.7. The van der Waals surface area contributed by atoms with Gasteiger partial charge in [-0.3, -0.25) is 14.5 Å². The van der Waals surface area contributed by atoms with E-state index in [1.54, 1.807) is 34.1 Å². The van der Waals surface area contributed by atoms with E-state index in [0.717, 1.165) is 29.5 Å². The summed E-state index contributed by atoms with van der Waals surface area (Å²) in [7, 11) is 0.269. The van der Waals surface area contributed by atoms with Gasteiger partial charge in [0.1, 0.15) is 18.9 Å². The highest BCUT2D eigenvalue weighted by Crippen LogP contribution is 2.60. The summed E-state index contributed by atoms with van der Waals surface area (Å²) in [5, 5.41) is 9.29. The van der Waals surface area contributed by atoms with Crippen LogP contribution in [0.5, 0.6) is 23.0 Å². The molecule has 1 saturated heterocycles. The zero-order valence-electron chi connectivity index (χ0n) is 41.9. The molecule has 1 aliphatic carbocycles. The number of nitrogens with zero attached hydrogens (tertiary/aromatic N) is 4. The van der Waals surface area contributed by atoms with Crippen molar-refractivity contribution in [3.05, 3.63) is 102 Å². The number of amides is 4. The monoisotopic (exact) mass is 993 g/mol. The lowest BCUT2D eigenvalue weighted by Crippen LogP contribution is -2.69. The molecule has 0 radical (unpaired) electrons. The molecule has 3 N–H and O–H groups in total. The highest BCUT2D eigenvalue weighted by molar-refractivity contribution is 6.74. The van der Waals surface area contributed by atoms with Crippen LogP contribution in [0.4, 0.5) is 21.0 Å². The second kappa shape index (κ2) is 20.0. The number of carbonyl (C=O) groups is 4. The van der Waals surface area contributed by atoms with Crippen molar-refractivity contribution in [1.29, 1.82) is 0 Å². The van der Waals surface area contributed by atoms with E-state index in [0.29, 0.717) is 37.9 Å². The van der Waals surface area contributed by atoms with Crippen LogP contribution in [0.1, 0.15) is 91.1 Å². The number of carbonyl (C=O) groups excluding carboxylic acids is 4. The largest absolute Gasteiger partial charge is 0.493 e. The Morgan fingerprint density at radius 3 is 2.01 bits per heavy atom. The number of ether oxygens (including phenoxy) is 6. The minimum atomic E-state index is -2.68. The van der Waals surface area contributed by atoms with Crippen LogP contribution in [0.3, 0.4) is 0 Å². The Labute approximate surface area is 416 Å². The normalized spacial score (nSPS) is 21.2. The lowest BCUT2D eigenvalue weighted by molar-refractivity contribution is 0.00790. The number of anilines is 2. The molecule has 71 heavy (non-hydrogen) atoms. The number of aliphatic hydroxyl groups is 1. The van der Waals surface area contributed by atoms with E-state index in [1.807, 2.05) is 30.5 Å². The highest BCUT2D eigenvalue weighted by atomic mass is 28.4. The van der Waals surface area contributed by atoms with Crippen molar-refractivity contribution in [2.75, 3.05) is 63.5 Å². The molecule has 0 bridgehead atoms. The molecule has 8 rings (SSSR count). The standard InChI is InChI=1S/C53H67N5O12Si/c1-10-21-68-49(62)55-20-17-37-25-36(35-15-13-34(31-59)14-16-35)30-56(37)46(60)38-26-42(64-6)44(28-40(38)55)66-23-12-24-67-45-29-41-39(27-43(45)65-7)47(61)57-33-52(18-19-52)32-53(57,54)48(58(41)50(63)69-22-11-2)70-71(8,9)51(3,4)5/h10-11,13-16,26-30,37,48,59H,1-2,12,17-25,31-33,54H2,3-9H3/t37-,48?,53+/m1/s1. The minimum Gasteiger partial charge on any atom is -0.493 e. The fourth-order valence-electron chi connectivity index (χ4n) is 9.65. The molecule has 3 atom stereocenters. The molecule has 17 nitrogen and oxygen atoms in total. The van der Waals surface area contributed by atoms with Gasteiger partial charge in [0, 0.05) is 43.9 Å². The molecule has 2 fully saturated rings. The lowest BCUT2D eigenvalue weighted by Gasteiger charge is -2.48. The summed E-state index contributed by atoms with van der Waals surface area (Å²) in [6.45, 7) is 18.6. The number of hydrogen-bond acceptors (Lipinski definition) is 13. The average Bonchev–Trinajstić information content (AvgIpc) is 3.86. The van der Waals surface area contributed by atoms with E-state index in [9.17, 15) is 24.3 Å². The molecule has 1 saturated carbocycles. The van der Waals surface area contributed by atoms with Gasteiger partial charge in [-0.05, 0) is 84.5 Å². The molecule has 5 aliphatic rings. The van der Waals surface area contributed by atoms with Gasteiger partial charge in [-0.1, -0.05) is 70.3 Å². The van der Waals surface area contributed by atoms with E-state index in [2.05, 4.69) is 47.0 Å². The topological polar surface area (TPSA) is 192 Å². The zero-order valence-corrected chi connectivity index (χ0v) is 42.9.